The van der Waals surface area contributed by atoms with Crippen LogP contribution in [0, 0.1) is 5.82 Å². The van der Waals surface area contributed by atoms with Crippen molar-refractivity contribution in [3.8, 4) is 22.4 Å². The number of H-pyrrole nitrogens is 1. The van der Waals surface area contributed by atoms with Gasteiger partial charge in [-0.2, -0.15) is 0 Å². The number of halogens is 1. The zero-order chi connectivity index (χ0) is 17.6. The normalized spacial score (nSPS) is 15.2. The molecular formula is C20H16FN3O. The Balaban J connectivity index is 2.04. The van der Waals surface area contributed by atoms with Gasteiger partial charge in [-0.3, -0.25) is 9.78 Å². The first-order valence-corrected chi connectivity index (χ1v) is 8.00. The van der Waals surface area contributed by atoms with Gasteiger partial charge in [0.2, 0.25) is 0 Å². The molecule has 3 aromatic rings. The minimum Gasteiger partial charge on any atom is -0.356 e. The van der Waals surface area contributed by atoms with E-state index in [-0.39, 0.29) is 11.7 Å². The second-order valence-electron chi connectivity index (χ2n) is 6.59. The lowest BCUT2D eigenvalue weighted by molar-refractivity contribution is -0.122. The molecule has 0 spiro atoms. The number of aromatic amines is 1. The maximum atomic E-state index is 13.4. The van der Waals surface area contributed by atoms with Crippen molar-refractivity contribution in [1.82, 2.24) is 9.97 Å². The van der Waals surface area contributed by atoms with Crippen molar-refractivity contribution in [2.75, 3.05) is 0 Å². The van der Waals surface area contributed by atoms with E-state index in [1.165, 1.54) is 12.1 Å². The van der Waals surface area contributed by atoms with Crippen molar-refractivity contribution < 1.29 is 9.18 Å². The maximum Gasteiger partial charge on any atom is 0.257 e. The van der Waals surface area contributed by atoms with Crippen molar-refractivity contribution in [1.29, 1.82) is 0 Å². The van der Waals surface area contributed by atoms with Crippen LogP contribution in [-0.2, 0) is 10.2 Å². The lowest BCUT2D eigenvalue weighted by Gasteiger charge is -2.23. The lowest BCUT2D eigenvalue weighted by atomic mass is 9.83. The van der Waals surface area contributed by atoms with E-state index in [2.05, 4.69) is 15.0 Å². The van der Waals surface area contributed by atoms with Crippen LogP contribution in [0.15, 0.2) is 53.8 Å². The number of amides is 1. The minimum atomic E-state index is -0.746. The second-order valence-corrected chi connectivity index (χ2v) is 6.59. The Kier molecular flexibility index (Phi) is 3.39. The molecule has 0 radical (unpaired) electrons. The summed E-state index contributed by atoms with van der Waals surface area (Å²) in [7, 11) is 0. The van der Waals surface area contributed by atoms with Crippen molar-refractivity contribution in [3.63, 3.8) is 0 Å². The predicted octanol–water partition coefficient (Wildman–Crippen LogP) is 4.12. The topological polar surface area (TPSA) is 58.1 Å². The van der Waals surface area contributed by atoms with Gasteiger partial charge in [-0.05, 0) is 43.7 Å². The molecule has 1 aliphatic rings. The number of carbonyl (C=O) groups is 1. The fraction of sp³-hybridized carbons (Fsp3) is 0.150. The average Bonchev–Trinajstić information content (AvgIpc) is 3.01. The molecule has 0 atom stereocenters. The van der Waals surface area contributed by atoms with E-state index >= 15 is 0 Å². The molecule has 4 nitrogen and oxygen atoms in total. The van der Waals surface area contributed by atoms with E-state index in [1.807, 2.05) is 26.0 Å². The summed E-state index contributed by atoms with van der Waals surface area (Å²) in [5.74, 6) is -0.476. The van der Waals surface area contributed by atoms with Gasteiger partial charge in [-0.15, -0.1) is 0 Å². The molecule has 2 aromatic heterocycles. The Bertz CT molecular complexity index is 986. The Hall–Kier alpha value is -3.08. The molecule has 0 saturated heterocycles. The molecule has 3 heterocycles. The number of aliphatic imine (C=N–C) groups is 1. The summed E-state index contributed by atoms with van der Waals surface area (Å²) < 4.78 is 13.4. The number of hydrogen-bond acceptors (Lipinski definition) is 2. The van der Waals surface area contributed by atoms with E-state index < -0.39 is 5.41 Å². The van der Waals surface area contributed by atoms with Gasteiger partial charge in [0, 0.05) is 41.0 Å². The second kappa shape index (κ2) is 5.48. The quantitative estimate of drug-likeness (QED) is 0.767. The minimum absolute atomic E-state index is 0.187. The number of pyridine rings is 1. The molecule has 25 heavy (non-hydrogen) atoms. The van der Waals surface area contributed by atoms with Gasteiger partial charge in [-0.25, -0.2) is 9.38 Å². The van der Waals surface area contributed by atoms with Gasteiger partial charge in [0.1, 0.15) is 5.82 Å². The van der Waals surface area contributed by atoms with Crippen LogP contribution in [0.4, 0.5) is 4.39 Å². The molecule has 5 heteroatoms. The summed E-state index contributed by atoms with van der Waals surface area (Å²) in [6, 6.07) is 10.1. The molecule has 4 rings (SSSR count). The summed E-state index contributed by atoms with van der Waals surface area (Å²) in [6.45, 7) is 3.71. The molecule has 1 aliphatic heterocycles. The first-order chi connectivity index (χ1) is 12.0. The van der Waals surface area contributed by atoms with Crippen LogP contribution in [0.2, 0.25) is 0 Å². The molecular weight excluding hydrogens is 317 g/mol. The van der Waals surface area contributed by atoms with Gasteiger partial charge >= 0.3 is 0 Å². The number of fused-ring (bicyclic) bond motifs is 1. The standard InChI is InChI=1S/C20H16FN3O/c1-20(2)18-15(11-23-19(20)25)16(12-3-5-14(21)6-4-12)17(24-18)13-7-9-22-10-8-13/h3-11,24H,1-2H3. The molecule has 0 saturated carbocycles. The van der Waals surface area contributed by atoms with Crippen LogP contribution in [0.25, 0.3) is 22.4 Å². The number of carbonyl (C=O) groups excluding carboxylic acids is 1. The van der Waals surface area contributed by atoms with Crippen molar-refractivity contribution in [3.05, 3.63) is 65.9 Å². The highest BCUT2D eigenvalue weighted by atomic mass is 19.1. The Morgan fingerprint density at radius 1 is 1.00 bits per heavy atom. The fourth-order valence-corrected chi connectivity index (χ4v) is 3.18. The largest absolute Gasteiger partial charge is 0.356 e. The Morgan fingerprint density at radius 2 is 1.68 bits per heavy atom. The van der Waals surface area contributed by atoms with E-state index in [9.17, 15) is 9.18 Å². The zero-order valence-corrected chi connectivity index (χ0v) is 13.9. The van der Waals surface area contributed by atoms with Crippen molar-refractivity contribution >= 4 is 12.1 Å². The summed E-state index contributed by atoms with van der Waals surface area (Å²) in [5.41, 5.74) is 4.52. The number of rotatable bonds is 2. The number of hydrogen-bond donors (Lipinski definition) is 1. The predicted molar refractivity (Wildman–Crippen MR) is 95.0 cm³/mol. The van der Waals surface area contributed by atoms with E-state index in [1.54, 1.807) is 30.7 Å². The summed E-state index contributed by atoms with van der Waals surface area (Å²) in [5, 5.41) is 0. The van der Waals surface area contributed by atoms with Gasteiger partial charge < -0.3 is 4.98 Å². The Morgan fingerprint density at radius 3 is 2.36 bits per heavy atom. The first kappa shape index (κ1) is 15.4. The third kappa shape index (κ3) is 2.39. The molecule has 1 amide bonds. The first-order valence-electron chi connectivity index (χ1n) is 8.00. The van der Waals surface area contributed by atoms with Crippen LogP contribution in [0.5, 0.6) is 0 Å². The molecule has 0 unspecified atom stereocenters. The van der Waals surface area contributed by atoms with Gasteiger partial charge in [-0.1, -0.05) is 12.1 Å². The number of aromatic nitrogens is 2. The van der Waals surface area contributed by atoms with E-state index in [0.29, 0.717) is 0 Å². The Labute approximate surface area is 144 Å². The van der Waals surface area contributed by atoms with Crippen LogP contribution in [0.3, 0.4) is 0 Å². The average molecular weight is 333 g/mol. The highest BCUT2D eigenvalue weighted by molar-refractivity contribution is 6.08. The van der Waals surface area contributed by atoms with Gasteiger partial charge in [0.25, 0.3) is 5.91 Å². The third-order valence-electron chi connectivity index (χ3n) is 4.61. The molecule has 0 bridgehead atoms. The SMILES string of the molecule is CC1(C)C(=O)N=Cc2c1[nH]c(-c1ccncc1)c2-c1ccc(F)cc1. The van der Waals surface area contributed by atoms with Crippen LogP contribution in [-0.4, -0.2) is 22.1 Å². The number of benzene rings is 1. The number of nitrogens with zero attached hydrogens (tertiary/aromatic N) is 2. The molecule has 0 fully saturated rings. The molecule has 124 valence electrons. The summed E-state index contributed by atoms with van der Waals surface area (Å²) in [6.07, 6.45) is 5.03. The third-order valence-corrected chi connectivity index (χ3v) is 4.61. The smallest absolute Gasteiger partial charge is 0.257 e. The monoisotopic (exact) mass is 333 g/mol. The number of nitrogens with one attached hydrogen (secondary N) is 1. The van der Waals surface area contributed by atoms with Crippen LogP contribution in [0.1, 0.15) is 25.1 Å². The van der Waals surface area contributed by atoms with Crippen molar-refractivity contribution in [2.24, 2.45) is 4.99 Å². The van der Waals surface area contributed by atoms with Crippen LogP contribution < -0.4 is 0 Å². The van der Waals surface area contributed by atoms with Crippen LogP contribution >= 0.6 is 0 Å². The van der Waals surface area contributed by atoms with Crippen molar-refractivity contribution in [2.45, 2.75) is 19.3 Å². The molecule has 1 aromatic carbocycles. The van der Waals surface area contributed by atoms with Gasteiger partial charge in [0.05, 0.1) is 11.1 Å². The fourth-order valence-electron chi connectivity index (χ4n) is 3.18. The van der Waals surface area contributed by atoms with E-state index in [0.717, 1.165) is 33.6 Å². The lowest BCUT2D eigenvalue weighted by Crippen LogP contribution is -2.32. The molecule has 0 aliphatic carbocycles. The zero-order valence-electron chi connectivity index (χ0n) is 13.9. The summed E-state index contributed by atoms with van der Waals surface area (Å²) >= 11 is 0. The van der Waals surface area contributed by atoms with Gasteiger partial charge in [0.15, 0.2) is 0 Å². The molecule has 1 N–H and O–H groups in total. The maximum absolute atomic E-state index is 13.4. The highest BCUT2D eigenvalue weighted by Gasteiger charge is 2.38. The highest BCUT2D eigenvalue weighted by Crippen LogP contribution is 2.41. The summed E-state index contributed by atoms with van der Waals surface area (Å²) in [4.78, 5) is 23.8. The van der Waals surface area contributed by atoms with E-state index in [4.69, 9.17) is 0 Å².